The Hall–Kier alpha value is -1.32. The molecule has 2 nitrogen and oxygen atoms in total. The van der Waals surface area contributed by atoms with Crippen molar-refractivity contribution < 1.29 is 4.74 Å². The molecule has 1 atom stereocenters. The van der Waals surface area contributed by atoms with E-state index in [0.717, 1.165) is 12.3 Å². The molecule has 0 saturated heterocycles. The average Bonchev–Trinajstić information content (AvgIpc) is 2.90. The van der Waals surface area contributed by atoms with E-state index < -0.39 is 0 Å². The van der Waals surface area contributed by atoms with Crippen LogP contribution in [0.15, 0.2) is 30.3 Å². The molecule has 0 bridgehead atoms. The largest absolute Gasteiger partial charge is 0.497 e. The third-order valence-corrected chi connectivity index (χ3v) is 4.99. The number of hydrogen-bond acceptors (Lipinski definition) is 3. The van der Waals surface area contributed by atoms with Crippen molar-refractivity contribution >= 4 is 11.3 Å². The number of rotatable bonds is 4. The maximum atomic E-state index is 5.37. The molecule has 20 heavy (non-hydrogen) atoms. The van der Waals surface area contributed by atoms with E-state index in [1.54, 1.807) is 7.11 Å². The zero-order valence-corrected chi connectivity index (χ0v) is 12.9. The molecular formula is C17H21NOS. The molecule has 106 valence electrons. The summed E-state index contributed by atoms with van der Waals surface area (Å²) in [5.41, 5.74) is 2.89. The summed E-state index contributed by atoms with van der Waals surface area (Å²) >= 11 is 1.88. The molecule has 0 radical (unpaired) electrons. The fourth-order valence-electron chi connectivity index (χ4n) is 2.92. The Labute approximate surface area is 124 Å². The number of aryl methyl sites for hydroxylation is 2. The topological polar surface area (TPSA) is 21.3 Å². The number of ether oxygens (including phenoxy) is 1. The first-order valence-electron chi connectivity index (χ1n) is 7.22. The van der Waals surface area contributed by atoms with Gasteiger partial charge in [0.05, 0.1) is 7.11 Å². The summed E-state index contributed by atoms with van der Waals surface area (Å²) in [6.45, 7) is 3.12. The lowest BCUT2D eigenvalue weighted by atomic mass is 9.87. The van der Waals surface area contributed by atoms with Crippen LogP contribution in [0.25, 0.3) is 0 Å². The minimum Gasteiger partial charge on any atom is -0.497 e. The van der Waals surface area contributed by atoms with Crippen molar-refractivity contribution in [3.63, 3.8) is 0 Å². The van der Waals surface area contributed by atoms with Crippen LogP contribution in [-0.4, -0.2) is 7.11 Å². The van der Waals surface area contributed by atoms with Crippen molar-refractivity contribution in [1.29, 1.82) is 0 Å². The second-order valence-electron chi connectivity index (χ2n) is 5.40. The second kappa shape index (κ2) is 5.98. The van der Waals surface area contributed by atoms with E-state index in [1.807, 2.05) is 11.3 Å². The summed E-state index contributed by atoms with van der Waals surface area (Å²) in [6, 6.07) is 11.4. The van der Waals surface area contributed by atoms with Gasteiger partial charge in [-0.15, -0.1) is 11.3 Å². The third kappa shape index (κ3) is 2.89. The van der Waals surface area contributed by atoms with Crippen LogP contribution >= 0.6 is 11.3 Å². The van der Waals surface area contributed by atoms with Gasteiger partial charge >= 0.3 is 0 Å². The molecule has 1 aliphatic rings. The van der Waals surface area contributed by atoms with E-state index >= 15 is 0 Å². The quantitative estimate of drug-likeness (QED) is 0.908. The molecule has 0 saturated carbocycles. The Balaban J connectivity index is 1.75. The van der Waals surface area contributed by atoms with Gasteiger partial charge in [0, 0.05) is 22.3 Å². The molecule has 1 unspecified atom stereocenters. The molecular weight excluding hydrogens is 266 g/mol. The van der Waals surface area contributed by atoms with Crippen LogP contribution < -0.4 is 10.1 Å². The molecule has 1 heterocycles. The maximum absolute atomic E-state index is 5.37. The number of nitrogens with one attached hydrogen (secondary N) is 1. The monoisotopic (exact) mass is 287 g/mol. The van der Waals surface area contributed by atoms with E-state index in [-0.39, 0.29) is 0 Å². The van der Waals surface area contributed by atoms with Crippen molar-refractivity contribution in [3.8, 4) is 5.75 Å². The highest BCUT2D eigenvalue weighted by atomic mass is 32.1. The van der Waals surface area contributed by atoms with Crippen molar-refractivity contribution in [1.82, 2.24) is 5.32 Å². The van der Waals surface area contributed by atoms with Crippen LogP contribution in [0.1, 0.15) is 39.8 Å². The maximum Gasteiger partial charge on any atom is 0.119 e. The number of methoxy groups -OCH3 is 1. The predicted molar refractivity (Wildman–Crippen MR) is 84.6 cm³/mol. The summed E-state index contributed by atoms with van der Waals surface area (Å²) in [5, 5.41) is 3.71. The van der Waals surface area contributed by atoms with Gasteiger partial charge < -0.3 is 10.1 Å². The highest BCUT2D eigenvalue weighted by Gasteiger charge is 2.20. The highest BCUT2D eigenvalue weighted by Crippen LogP contribution is 2.32. The van der Waals surface area contributed by atoms with Crippen molar-refractivity contribution in [2.75, 3.05) is 7.11 Å². The van der Waals surface area contributed by atoms with Gasteiger partial charge in [-0.05, 0) is 61.6 Å². The Morgan fingerprint density at radius 2 is 2.20 bits per heavy atom. The summed E-state index contributed by atoms with van der Waals surface area (Å²) in [5.74, 6) is 0.962. The molecule has 3 heteroatoms. The summed E-state index contributed by atoms with van der Waals surface area (Å²) in [7, 11) is 1.74. The van der Waals surface area contributed by atoms with E-state index in [1.165, 1.54) is 40.1 Å². The molecule has 1 aromatic carbocycles. The van der Waals surface area contributed by atoms with Gasteiger partial charge in [0.25, 0.3) is 0 Å². The van der Waals surface area contributed by atoms with Crippen LogP contribution in [0.3, 0.4) is 0 Å². The van der Waals surface area contributed by atoms with Gasteiger partial charge in [-0.25, -0.2) is 0 Å². The lowest BCUT2D eigenvalue weighted by molar-refractivity contribution is 0.408. The molecule has 3 rings (SSSR count). The number of benzene rings is 1. The van der Waals surface area contributed by atoms with Crippen LogP contribution in [0.5, 0.6) is 5.75 Å². The van der Waals surface area contributed by atoms with Crippen molar-refractivity contribution in [2.45, 2.75) is 38.8 Å². The van der Waals surface area contributed by atoms with Crippen LogP contribution in [0.2, 0.25) is 0 Å². The lowest BCUT2D eigenvalue weighted by Gasteiger charge is -2.27. The van der Waals surface area contributed by atoms with Gasteiger partial charge in [-0.1, -0.05) is 6.07 Å². The van der Waals surface area contributed by atoms with E-state index in [9.17, 15) is 0 Å². The van der Waals surface area contributed by atoms with Gasteiger partial charge in [0.1, 0.15) is 5.75 Å². The molecule has 2 aromatic rings. The Morgan fingerprint density at radius 1 is 1.30 bits per heavy atom. The van der Waals surface area contributed by atoms with E-state index in [2.05, 4.69) is 42.6 Å². The fraction of sp³-hybridized carbons (Fsp3) is 0.412. The number of thiophene rings is 1. The average molecular weight is 287 g/mol. The SMILES string of the molecule is COc1ccc2c(c1)C(NCc1ccc(C)s1)CCC2. The fourth-order valence-corrected chi connectivity index (χ4v) is 3.76. The van der Waals surface area contributed by atoms with E-state index in [0.29, 0.717) is 6.04 Å². The van der Waals surface area contributed by atoms with Gasteiger partial charge in [0.2, 0.25) is 0 Å². The summed E-state index contributed by atoms with van der Waals surface area (Å²) in [4.78, 5) is 2.80. The Bertz CT molecular complexity index is 590. The molecule has 0 fully saturated rings. The first-order chi connectivity index (χ1) is 9.76. The summed E-state index contributed by atoms with van der Waals surface area (Å²) in [6.07, 6.45) is 3.67. The normalized spacial score (nSPS) is 17.8. The summed E-state index contributed by atoms with van der Waals surface area (Å²) < 4.78 is 5.37. The zero-order chi connectivity index (χ0) is 13.9. The first kappa shape index (κ1) is 13.7. The van der Waals surface area contributed by atoms with Crippen LogP contribution in [-0.2, 0) is 13.0 Å². The number of hydrogen-bond donors (Lipinski definition) is 1. The molecule has 0 spiro atoms. The predicted octanol–water partition coefficient (Wildman–Crippen LogP) is 4.23. The molecule has 1 aromatic heterocycles. The third-order valence-electron chi connectivity index (χ3n) is 3.99. The Morgan fingerprint density at radius 3 is 2.95 bits per heavy atom. The van der Waals surface area contributed by atoms with Gasteiger partial charge in [-0.3, -0.25) is 0 Å². The molecule has 1 N–H and O–H groups in total. The minimum absolute atomic E-state index is 0.455. The number of fused-ring (bicyclic) bond motifs is 1. The van der Waals surface area contributed by atoms with Crippen LogP contribution in [0.4, 0.5) is 0 Å². The highest BCUT2D eigenvalue weighted by molar-refractivity contribution is 7.11. The molecule has 0 amide bonds. The second-order valence-corrected chi connectivity index (χ2v) is 6.78. The zero-order valence-electron chi connectivity index (χ0n) is 12.1. The van der Waals surface area contributed by atoms with Gasteiger partial charge in [0.15, 0.2) is 0 Å². The Kier molecular flexibility index (Phi) is 4.08. The first-order valence-corrected chi connectivity index (χ1v) is 8.03. The molecule has 1 aliphatic carbocycles. The lowest BCUT2D eigenvalue weighted by Crippen LogP contribution is -2.24. The van der Waals surface area contributed by atoms with Crippen LogP contribution in [0, 0.1) is 6.92 Å². The van der Waals surface area contributed by atoms with Crippen molar-refractivity contribution in [3.05, 3.63) is 51.2 Å². The minimum atomic E-state index is 0.455. The molecule has 0 aliphatic heterocycles. The van der Waals surface area contributed by atoms with E-state index in [4.69, 9.17) is 4.74 Å². The van der Waals surface area contributed by atoms with Crippen molar-refractivity contribution in [2.24, 2.45) is 0 Å². The van der Waals surface area contributed by atoms with Gasteiger partial charge in [-0.2, -0.15) is 0 Å². The smallest absolute Gasteiger partial charge is 0.119 e. The standard InChI is InChI=1S/C17H21NOS/c1-12-6-9-15(20-12)11-18-17-5-3-4-13-7-8-14(19-2)10-16(13)17/h6-10,17-18H,3-5,11H2,1-2H3.